The van der Waals surface area contributed by atoms with Crippen LogP contribution in [-0.2, 0) is 59.8 Å². The maximum absolute atomic E-state index is 0. The van der Waals surface area contributed by atoms with Crippen molar-refractivity contribution in [1.29, 1.82) is 0 Å². The van der Waals surface area contributed by atoms with Crippen LogP contribution in [0, 0.1) is 0 Å². The summed E-state index contributed by atoms with van der Waals surface area (Å²) < 4.78 is 0. The van der Waals surface area contributed by atoms with E-state index >= 15 is 0 Å². The monoisotopic (exact) mass is 301 g/mol. The fourth-order valence-corrected chi connectivity index (χ4v) is 0. The zero-order valence-electron chi connectivity index (χ0n) is 1.12. The fourth-order valence-electron chi connectivity index (χ4n) is 0. The summed E-state index contributed by atoms with van der Waals surface area (Å²) in [6, 6.07) is 0. The van der Waals surface area contributed by atoms with Crippen LogP contribution in [0.25, 0.3) is 0 Å². The Morgan fingerprint density at radius 2 is 1.00 bits per heavy atom. The van der Waals surface area contributed by atoms with E-state index in [2.05, 4.69) is 0 Å². The molecule has 0 aliphatic heterocycles. The first-order valence-corrected chi connectivity index (χ1v) is 0. The summed E-state index contributed by atoms with van der Waals surface area (Å²) in [6.45, 7) is 0. The molecule has 0 atom stereocenters. The van der Waals surface area contributed by atoms with Crippen LogP contribution in [0.5, 0.6) is 0 Å². The normalized spacial score (nSPS) is 0. The van der Waals surface area contributed by atoms with Crippen molar-refractivity contribution in [1.82, 2.24) is 0 Å². The molecule has 4 heavy (non-hydrogen) atoms. The minimum Gasteiger partial charge on any atom is 0 e. The van der Waals surface area contributed by atoms with E-state index in [0.717, 1.165) is 0 Å². The van der Waals surface area contributed by atoms with Gasteiger partial charge in [0.25, 0.3) is 0 Å². The van der Waals surface area contributed by atoms with E-state index in [1.165, 1.54) is 0 Å². The fraction of sp³-hybridized carbons (Fsp3) is 0. The number of hydrogen-bond donors (Lipinski definition) is 0. The van der Waals surface area contributed by atoms with Gasteiger partial charge in [-0.2, -0.15) is 0 Å². The van der Waals surface area contributed by atoms with E-state index < -0.39 is 0 Å². The Bertz CT molecular complexity index is 8.00. The standard InChI is InChI=1S/Cu.Ni.Sr.Zr.2H. The maximum Gasteiger partial charge on any atom is 0 e. The van der Waals surface area contributed by atoms with Gasteiger partial charge < -0.3 is 0 Å². The van der Waals surface area contributed by atoms with Gasteiger partial charge in [-0.3, -0.25) is 0 Å². The Balaban J connectivity index is 0. The molecule has 0 amide bonds. The zero-order chi connectivity index (χ0) is 0. The minimum atomic E-state index is 0. The van der Waals surface area contributed by atoms with E-state index in [0.29, 0.717) is 0 Å². The predicted molar refractivity (Wildman–Crippen MR) is 8.54 cm³/mol. The molecule has 0 bridgehead atoms. The van der Waals surface area contributed by atoms with Crippen molar-refractivity contribution >= 4 is 45.5 Å². The molecule has 0 aliphatic rings. The molecule has 0 heterocycles. The van der Waals surface area contributed by atoms with Crippen molar-refractivity contribution < 1.29 is 59.8 Å². The van der Waals surface area contributed by atoms with Crippen molar-refractivity contribution in [2.45, 2.75) is 0 Å². The van der Waals surface area contributed by atoms with E-state index in [9.17, 15) is 0 Å². The van der Waals surface area contributed by atoms with Gasteiger partial charge in [-0.05, 0) is 0 Å². The molecule has 0 saturated heterocycles. The van der Waals surface area contributed by atoms with Crippen LogP contribution in [0.15, 0.2) is 0 Å². The smallest absolute Gasteiger partial charge is 0 e. The third-order valence-corrected chi connectivity index (χ3v) is 0. The van der Waals surface area contributed by atoms with Gasteiger partial charge in [-0.1, -0.05) is 0 Å². The first-order chi connectivity index (χ1) is 0. The Labute approximate surface area is 103 Å². The summed E-state index contributed by atoms with van der Waals surface area (Å²) in [4.78, 5) is 0. The molecule has 0 aliphatic carbocycles. The Morgan fingerprint density at radius 3 is 1.00 bits per heavy atom. The summed E-state index contributed by atoms with van der Waals surface area (Å²) in [5.41, 5.74) is 0. The summed E-state index contributed by atoms with van der Waals surface area (Å²) in [5, 5.41) is 0. The van der Waals surface area contributed by atoms with Crippen molar-refractivity contribution in [2.24, 2.45) is 0 Å². The van der Waals surface area contributed by atoms with E-state index in [1.807, 2.05) is 0 Å². The molecule has 29 valence electrons. The largest absolute Gasteiger partial charge is 0 e. The molecule has 0 nitrogen and oxygen atoms in total. The quantitative estimate of drug-likeness (QED) is 0.508. The van der Waals surface area contributed by atoms with Crippen LogP contribution in [0.2, 0.25) is 0 Å². The zero-order valence-corrected chi connectivity index (χ0v) is 5.51. The topological polar surface area (TPSA) is 0 Å². The number of hydrogen-bond acceptors (Lipinski definition) is 0. The van der Waals surface area contributed by atoms with Gasteiger partial charge in [0, 0.05) is 59.8 Å². The average Bonchev–Trinajstić information content (AvgIpc) is 0. The van der Waals surface area contributed by atoms with E-state index in [1.54, 1.807) is 0 Å². The molecule has 0 N–H and O–H groups in total. The molecule has 0 unspecified atom stereocenters. The summed E-state index contributed by atoms with van der Waals surface area (Å²) in [6.07, 6.45) is 0. The van der Waals surface area contributed by atoms with Gasteiger partial charge >= 0.3 is 45.5 Å². The molecule has 4 heteroatoms. The van der Waals surface area contributed by atoms with Crippen molar-refractivity contribution in [3.8, 4) is 0 Å². The predicted octanol–water partition coefficient (Wildman–Crippen LogP) is -0.924. The van der Waals surface area contributed by atoms with E-state index in [4.69, 9.17) is 0 Å². The average molecular weight is 303 g/mol. The van der Waals surface area contributed by atoms with Gasteiger partial charge in [0.05, 0.1) is 0 Å². The van der Waals surface area contributed by atoms with Crippen LogP contribution in [-0.4, -0.2) is 45.5 Å². The SMILES string of the molecule is [Cu].[Ni].[SrH2].[Zr]. The second-order valence-corrected chi connectivity index (χ2v) is 0. The molecule has 0 fully saturated rings. The van der Waals surface area contributed by atoms with Gasteiger partial charge in [-0.15, -0.1) is 0 Å². The molecule has 0 saturated carbocycles. The summed E-state index contributed by atoms with van der Waals surface area (Å²) in [7, 11) is 0. The van der Waals surface area contributed by atoms with Crippen molar-refractivity contribution in [3.05, 3.63) is 0 Å². The molecule has 0 rings (SSSR count). The third kappa shape index (κ3) is 9.03. The Kier molecular flexibility index (Phi) is 106. The van der Waals surface area contributed by atoms with Gasteiger partial charge in [0.15, 0.2) is 0 Å². The van der Waals surface area contributed by atoms with Crippen LogP contribution in [0.3, 0.4) is 0 Å². The minimum absolute atomic E-state index is 0. The molecular formula is H2CuNiSrZr. The number of rotatable bonds is 0. The maximum atomic E-state index is 0. The van der Waals surface area contributed by atoms with Crippen LogP contribution in [0.1, 0.15) is 0 Å². The molecule has 1 radical (unpaired) electrons. The van der Waals surface area contributed by atoms with Gasteiger partial charge in [-0.25, -0.2) is 0 Å². The first-order valence-electron chi connectivity index (χ1n) is 0. The van der Waals surface area contributed by atoms with Crippen LogP contribution in [0.4, 0.5) is 0 Å². The third-order valence-electron chi connectivity index (χ3n) is 0. The molecule has 0 spiro atoms. The Morgan fingerprint density at radius 1 is 1.00 bits per heavy atom. The molecule has 0 aromatic heterocycles. The first kappa shape index (κ1) is 26.3. The second kappa shape index (κ2) is 16.2. The van der Waals surface area contributed by atoms with Crippen molar-refractivity contribution in [2.75, 3.05) is 0 Å². The second-order valence-electron chi connectivity index (χ2n) is 0. The summed E-state index contributed by atoms with van der Waals surface area (Å²) >= 11 is 0. The molecule has 0 aromatic rings. The Hall–Kier alpha value is 3.38. The van der Waals surface area contributed by atoms with E-state index in [-0.39, 0.29) is 105 Å². The van der Waals surface area contributed by atoms with Gasteiger partial charge in [0.2, 0.25) is 0 Å². The molecular weight excluding hydrogens is 301 g/mol. The van der Waals surface area contributed by atoms with Crippen LogP contribution >= 0.6 is 0 Å². The molecule has 0 aromatic carbocycles. The van der Waals surface area contributed by atoms with Gasteiger partial charge in [0.1, 0.15) is 0 Å². The summed E-state index contributed by atoms with van der Waals surface area (Å²) in [5.74, 6) is 0. The van der Waals surface area contributed by atoms with Crippen LogP contribution < -0.4 is 0 Å². The van der Waals surface area contributed by atoms with Crippen molar-refractivity contribution in [3.63, 3.8) is 0 Å².